The van der Waals surface area contributed by atoms with Crippen molar-refractivity contribution in [2.75, 3.05) is 27.7 Å². The largest absolute Gasteiger partial charge is 1.00 e. The normalized spacial score (nSPS) is 17.7. The van der Waals surface area contributed by atoms with Crippen LogP contribution < -0.4 is 17.9 Å². The molecule has 0 unspecified atom stereocenters. The molecule has 0 spiro atoms. The highest BCUT2D eigenvalue weighted by atomic mass is 35.5. The number of hydroxylamine groups is 1. The number of hydrogen-bond donors (Lipinski definition) is 1. The SMILES string of the molecule is C=C(C)C(=O)ONCCCC1([N+](C)(C)C)CCCCC1.[Cl-]. The Kier molecular flexibility index (Phi) is 8.52. The lowest BCUT2D eigenvalue weighted by molar-refractivity contribution is -0.926. The summed E-state index contributed by atoms with van der Waals surface area (Å²) >= 11 is 0. The predicted molar refractivity (Wildman–Crippen MR) is 82.0 cm³/mol. The van der Waals surface area contributed by atoms with Crippen molar-refractivity contribution < 1.29 is 26.5 Å². The molecular weight excluding hydrogens is 288 g/mol. The molecule has 1 N–H and O–H groups in total. The summed E-state index contributed by atoms with van der Waals surface area (Å²) in [5.74, 6) is -0.371. The van der Waals surface area contributed by atoms with Crippen LogP contribution in [-0.4, -0.2) is 43.7 Å². The summed E-state index contributed by atoms with van der Waals surface area (Å²) in [5, 5.41) is 0. The van der Waals surface area contributed by atoms with Crippen LogP contribution in [0.25, 0.3) is 0 Å². The number of halogens is 1. The highest BCUT2D eigenvalue weighted by Crippen LogP contribution is 2.39. The average molecular weight is 319 g/mol. The molecule has 1 rings (SSSR count). The summed E-state index contributed by atoms with van der Waals surface area (Å²) in [6, 6.07) is 0. The summed E-state index contributed by atoms with van der Waals surface area (Å²) in [5.41, 5.74) is 3.57. The Morgan fingerprint density at radius 1 is 1.24 bits per heavy atom. The fourth-order valence-corrected chi connectivity index (χ4v) is 3.16. The van der Waals surface area contributed by atoms with Gasteiger partial charge in [-0.25, -0.2) is 4.79 Å². The van der Waals surface area contributed by atoms with Crippen molar-refractivity contribution in [1.82, 2.24) is 5.48 Å². The zero-order valence-electron chi connectivity index (χ0n) is 14.0. The van der Waals surface area contributed by atoms with Gasteiger partial charge < -0.3 is 21.7 Å². The molecule has 0 aromatic carbocycles. The maximum absolute atomic E-state index is 11.2. The van der Waals surface area contributed by atoms with E-state index >= 15 is 0 Å². The molecule has 1 saturated carbocycles. The van der Waals surface area contributed by atoms with E-state index < -0.39 is 0 Å². The van der Waals surface area contributed by atoms with Crippen LogP contribution in [0.5, 0.6) is 0 Å². The lowest BCUT2D eigenvalue weighted by Crippen LogP contribution is -3.00. The number of carbonyl (C=O) groups is 1. The Morgan fingerprint density at radius 3 is 2.29 bits per heavy atom. The summed E-state index contributed by atoms with van der Waals surface area (Å²) < 4.78 is 1.03. The van der Waals surface area contributed by atoms with Gasteiger partial charge >= 0.3 is 5.97 Å². The summed E-state index contributed by atoms with van der Waals surface area (Å²) in [4.78, 5) is 16.2. The Hall–Kier alpha value is -0.580. The maximum Gasteiger partial charge on any atom is 0.351 e. The zero-order chi connectivity index (χ0) is 15.2. The van der Waals surface area contributed by atoms with Gasteiger partial charge in [0.2, 0.25) is 0 Å². The smallest absolute Gasteiger partial charge is 0.351 e. The van der Waals surface area contributed by atoms with E-state index in [1.165, 1.54) is 38.5 Å². The zero-order valence-corrected chi connectivity index (χ0v) is 14.8. The maximum atomic E-state index is 11.2. The standard InChI is InChI=1S/C16H31N2O2.ClH/c1-14(2)15(19)20-17-13-9-12-16(18(3,4)5)10-7-6-8-11-16;/h17H,1,6-13H2,2-5H3;1H/q+1;/p-1. The second-order valence-corrected chi connectivity index (χ2v) is 6.97. The van der Waals surface area contributed by atoms with E-state index in [0.717, 1.165) is 10.9 Å². The molecule has 124 valence electrons. The molecule has 1 aliphatic carbocycles. The van der Waals surface area contributed by atoms with Crippen molar-refractivity contribution in [1.29, 1.82) is 0 Å². The molecule has 0 amide bonds. The van der Waals surface area contributed by atoms with E-state index in [9.17, 15) is 4.79 Å². The highest BCUT2D eigenvalue weighted by Gasteiger charge is 2.42. The highest BCUT2D eigenvalue weighted by molar-refractivity contribution is 5.86. The molecule has 0 heterocycles. The van der Waals surface area contributed by atoms with Gasteiger partial charge in [-0.05, 0) is 26.2 Å². The number of carbonyl (C=O) groups excluding carboxylic acids is 1. The van der Waals surface area contributed by atoms with Crippen molar-refractivity contribution >= 4 is 5.97 Å². The Morgan fingerprint density at radius 2 is 1.81 bits per heavy atom. The van der Waals surface area contributed by atoms with Gasteiger partial charge in [-0.1, -0.05) is 13.0 Å². The van der Waals surface area contributed by atoms with E-state index in [0.29, 0.717) is 17.7 Å². The molecule has 5 heteroatoms. The minimum atomic E-state index is -0.371. The number of nitrogens with zero attached hydrogens (tertiary/aromatic N) is 1. The van der Waals surface area contributed by atoms with E-state index in [2.05, 4.69) is 33.2 Å². The molecule has 0 aliphatic heterocycles. The molecular formula is C16H31ClN2O2. The molecule has 1 aliphatic rings. The number of hydrogen-bond acceptors (Lipinski definition) is 3. The minimum Gasteiger partial charge on any atom is -1.00 e. The third-order valence-electron chi connectivity index (χ3n) is 4.64. The second-order valence-electron chi connectivity index (χ2n) is 6.97. The average Bonchev–Trinajstić information content (AvgIpc) is 2.37. The van der Waals surface area contributed by atoms with Gasteiger partial charge in [0, 0.05) is 31.4 Å². The molecule has 1 fully saturated rings. The monoisotopic (exact) mass is 318 g/mol. The van der Waals surface area contributed by atoms with Crippen molar-refractivity contribution in [2.45, 2.75) is 57.4 Å². The van der Waals surface area contributed by atoms with Crippen molar-refractivity contribution in [2.24, 2.45) is 0 Å². The molecule has 21 heavy (non-hydrogen) atoms. The molecule has 0 atom stereocenters. The fourth-order valence-electron chi connectivity index (χ4n) is 3.16. The van der Waals surface area contributed by atoms with Crippen LogP contribution in [0.2, 0.25) is 0 Å². The van der Waals surface area contributed by atoms with Crippen molar-refractivity contribution in [3.8, 4) is 0 Å². The predicted octanol–water partition coefficient (Wildman–Crippen LogP) is -0.196. The minimum absolute atomic E-state index is 0. The molecule has 4 nitrogen and oxygen atoms in total. The lowest BCUT2D eigenvalue weighted by Gasteiger charge is -2.49. The van der Waals surface area contributed by atoms with Gasteiger partial charge in [0.15, 0.2) is 0 Å². The second kappa shape index (κ2) is 8.76. The molecule has 0 radical (unpaired) electrons. The summed E-state index contributed by atoms with van der Waals surface area (Å²) in [6.07, 6.45) is 8.87. The molecule has 0 aromatic rings. The number of quaternary nitrogens is 1. The van der Waals surface area contributed by atoms with Crippen molar-refractivity contribution in [3.05, 3.63) is 12.2 Å². The van der Waals surface area contributed by atoms with E-state index in [1.807, 2.05) is 0 Å². The van der Waals surface area contributed by atoms with Crippen LogP contribution >= 0.6 is 0 Å². The first-order valence-electron chi connectivity index (χ1n) is 7.70. The third-order valence-corrected chi connectivity index (χ3v) is 4.64. The van der Waals surface area contributed by atoms with Gasteiger partial charge in [-0.3, -0.25) is 0 Å². The van der Waals surface area contributed by atoms with E-state index in [-0.39, 0.29) is 18.4 Å². The third kappa shape index (κ3) is 5.97. The fraction of sp³-hybridized carbons (Fsp3) is 0.812. The van der Waals surface area contributed by atoms with Crippen LogP contribution in [0.4, 0.5) is 0 Å². The quantitative estimate of drug-likeness (QED) is 0.306. The summed E-state index contributed by atoms with van der Waals surface area (Å²) in [7, 11) is 6.92. The number of rotatable bonds is 7. The Labute approximate surface area is 135 Å². The first-order valence-corrected chi connectivity index (χ1v) is 7.70. The lowest BCUT2D eigenvalue weighted by atomic mass is 9.76. The summed E-state index contributed by atoms with van der Waals surface area (Å²) in [6.45, 7) is 5.91. The first kappa shape index (κ1) is 20.4. The van der Waals surface area contributed by atoms with Gasteiger partial charge in [-0.15, -0.1) is 0 Å². The van der Waals surface area contributed by atoms with Crippen molar-refractivity contribution in [3.63, 3.8) is 0 Å². The van der Waals surface area contributed by atoms with Gasteiger partial charge in [-0.2, -0.15) is 5.48 Å². The van der Waals surface area contributed by atoms with E-state index in [4.69, 9.17) is 4.84 Å². The molecule has 0 aromatic heterocycles. The van der Waals surface area contributed by atoms with Crippen LogP contribution in [0.15, 0.2) is 12.2 Å². The van der Waals surface area contributed by atoms with Crippen LogP contribution in [-0.2, 0) is 9.63 Å². The van der Waals surface area contributed by atoms with Crippen LogP contribution in [0, 0.1) is 0 Å². The Bertz CT molecular complexity index is 345. The molecule has 0 saturated heterocycles. The van der Waals surface area contributed by atoms with Crippen LogP contribution in [0.1, 0.15) is 51.9 Å². The number of nitrogens with one attached hydrogen (secondary N) is 1. The van der Waals surface area contributed by atoms with E-state index in [1.54, 1.807) is 6.92 Å². The molecule has 0 bridgehead atoms. The van der Waals surface area contributed by atoms with Crippen LogP contribution in [0.3, 0.4) is 0 Å². The topological polar surface area (TPSA) is 38.3 Å². The van der Waals surface area contributed by atoms with Gasteiger partial charge in [0.05, 0.1) is 26.7 Å². The first-order chi connectivity index (χ1) is 9.28. The van der Waals surface area contributed by atoms with Gasteiger partial charge in [0.25, 0.3) is 0 Å². The van der Waals surface area contributed by atoms with Gasteiger partial charge in [0.1, 0.15) is 0 Å². The Balaban J connectivity index is 0.00000400.